The van der Waals surface area contributed by atoms with Crippen LogP contribution in [-0.4, -0.2) is 17.7 Å². The van der Waals surface area contributed by atoms with Gasteiger partial charge in [-0.05, 0) is 42.5 Å². The Balaban J connectivity index is 1.82. The number of amides is 2. The maximum absolute atomic E-state index is 13.4. The van der Waals surface area contributed by atoms with Gasteiger partial charge in [-0.2, -0.15) is 0 Å². The molecule has 0 fully saturated rings. The second kappa shape index (κ2) is 6.89. The Bertz CT molecular complexity index is 642. The fourth-order valence-corrected chi connectivity index (χ4v) is 2.70. The lowest BCUT2D eigenvalue weighted by Gasteiger charge is -2.22. The molecule has 0 saturated carbocycles. The van der Waals surface area contributed by atoms with Gasteiger partial charge in [-0.25, -0.2) is 9.18 Å². The van der Waals surface area contributed by atoms with E-state index < -0.39 is 11.6 Å². The van der Waals surface area contributed by atoms with E-state index >= 15 is 0 Å². The lowest BCUT2D eigenvalue weighted by atomic mass is 10.1. The van der Waals surface area contributed by atoms with E-state index in [1.54, 1.807) is 26.0 Å². The summed E-state index contributed by atoms with van der Waals surface area (Å²) in [5, 5.41) is 17.4. The summed E-state index contributed by atoms with van der Waals surface area (Å²) in [6.07, 6.45) is 0. The van der Waals surface area contributed by atoms with Gasteiger partial charge in [0.15, 0.2) is 0 Å². The Morgan fingerprint density at radius 2 is 2.14 bits per heavy atom. The van der Waals surface area contributed by atoms with Gasteiger partial charge in [-0.1, -0.05) is 18.2 Å². The van der Waals surface area contributed by atoms with Gasteiger partial charge >= 0.3 is 6.03 Å². The van der Waals surface area contributed by atoms with E-state index in [0.717, 1.165) is 4.88 Å². The SMILES string of the molecule is Cc1ccc(CNC(=O)NCC(C)(O)c2cccs2)cc1F. The van der Waals surface area contributed by atoms with Crippen molar-refractivity contribution in [2.24, 2.45) is 0 Å². The lowest BCUT2D eigenvalue weighted by molar-refractivity contribution is 0.0631. The molecule has 0 bridgehead atoms. The number of hydrogen-bond donors (Lipinski definition) is 3. The molecule has 3 N–H and O–H groups in total. The Morgan fingerprint density at radius 1 is 1.36 bits per heavy atom. The topological polar surface area (TPSA) is 61.4 Å². The van der Waals surface area contributed by atoms with Crippen LogP contribution in [0.4, 0.5) is 9.18 Å². The number of urea groups is 1. The summed E-state index contributed by atoms with van der Waals surface area (Å²) in [6.45, 7) is 3.66. The molecule has 4 nitrogen and oxygen atoms in total. The first-order chi connectivity index (χ1) is 10.4. The molecule has 1 atom stereocenters. The van der Waals surface area contributed by atoms with Gasteiger partial charge in [0.1, 0.15) is 11.4 Å². The minimum absolute atomic E-state index is 0.0988. The summed E-state index contributed by atoms with van der Waals surface area (Å²) < 4.78 is 13.4. The smallest absolute Gasteiger partial charge is 0.315 e. The number of thiophene rings is 1. The van der Waals surface area contributed by atoms with Crippen molar-refractivity contribution < 1.29 is 14.3 Å². The van der Waals surface area contributed by atoms with Crippen LogP contribution in [-0.2, 0) is 12.1 Å². The van der Waals surface area contributed by atoms with Crippen LogP contribution < -0.4 is 10.6 Å². The summed E-state index contributed by atoms with van der Waals surface area (Å²) in [4.78, 5) is 12.5. The minimum atomic E-state index is -1.11. The van der Waals surface area contributed by atoms with Crippen LogP contribution in [0.5, 0.6) is 0 Å². The van der Waals surface area contributed by atoms with Crippen molar-refractivity contribution in [1.82, 2.24) is 10.6 Å². The molecule has 2 aromatic rings. The lowest BCUT2D eigenvalue weighted by Crippen LogP contribution is -2.42. The van der Waals surface area contributed by atoms with Gasteiger partial charge in [-0.3, -0.25) is 0 Å². The van der Waals surface area contributed by atoms with E-state index in [9.17, 15) is 14.3 Å². The fourth-order valence-electron chi connectivity index (χ4n) is 1.92. The number of nitrogens with one attached hydrogen (secondary N) is 2. The summed E-state index contributed by atoms with van der Waals surface area (Å²) in [6, 6.07) is 8.10. The number of aryl methyl sites for hydroxylation is 1. The monoisotopic (exact) mass is 322 g/mol. The van der Waals surface area contributed by atoms with Gasteiger partial charge in [0.05, 0.1) is 6.54 Å². The average molecular weight is 322 g/mol. The van der Waals surface area contributed by atoms with E-state index in [4.69, 9.17) is 0 Å². The van der Waals surface area contributed by atoms with Gasteiger partial charge in [-0.15, -0.1) is 11.3 Å². The quantitative estimate of drug-likeness (QED) is 0.792. The van der Waals surface area contributed by atoms with E-state index in [2.05, 4.69) is 10.6 Å². The van der Waals surface area contributed by atoms with Crippen LogP contribution in [0.2, 0.25) is 0 Å². The van der Waals surface area contributed by atoms with Gasteiger partial charge in [0.2, 0.25) is 0 Å². The van der Waals surface area contributed by atoms with Crippen LogP contribution in [0.1, 0.15) is 22.9 Å². The van der Waals surface area contributed by atoms with Gasteiger partial charge in [0.25, 0.3) is 0 Å². The van der Waals surface area contributed by atoms with E-state index in [1.165, 1.54) is 17.4 Å². The van der Waals surface area contributed by atoms with Crippen molar-refractivity contribution in [2.45, 2.75) is 26.0 Å². The summed E-state index contributed by atoms with van der Waals surface area (Å²) >= 11 is 1.43. The number of benzene rings is 1. The molecule has 2 amide bonds. The Hall–Kier alpha value is -1.92. The zero-order valence-electron chi connectivity index (χ0n) is 12.5. The first-order valence-electron chi connectivity index (χ1n) is 6.91. The van der Waals surface area contributed by atoms with Crippen molar-refractivity contribution >= 4 is 17.4 Å². The number of carbonyl (C=O) groups is 1. The Morgan fingerprint density at radius 3 is 2.77 bits per heavy atom. The standard InChI is InChI=1S/C16H19FN2O2S/c1-11-5-6-12(8-13(11)17)9-18-15(20)19-10-16(2,21)14-4-3-7-22-14/h3-8,21H,9-10H2,1-2H3,(H2,18,19,20). The minimum Gasteiger partial charge on any atom is -0.383 e. The fraction of sp³-hybridized carbons (Fsp3) is 0.312. The number of halogens is 1. The Kier molecular flexibility index (Phi) is 5.15. The highest BCUT2D eigenvalue weighted by Crippen LogP contribution is 2.24. The second-order valence-electron chi connectivity index (χ2n) is 5.37. The molecular weight excluding hydrogens is 303 g/mol. The molecule has 0 aliphatic carbocycles. The molecule has 1 heterocycles. The van der Waals surface area contributed by atoms with Crippen LogP contribution in [0.25, 0.3) is 0 Å². The molecule has 0 aliphatic heterocycles. The third-order valence-corrected chi connectivity index (χ3v) is 4.46. The first kappa shape index (κ1) is 16.5. The molecule has 0 spiro atoms. The molecule has 1 aromatic heterocycles. The number of carbonyl (C=O) groups excluding carboxylic acids is 1. The zero-order valence-corrected chi connectivity index (χ0v) is 13.3. The largest absolute Gasteiger partial charge is 0.383 e. The van der Waals surface area contributed by atoms with E-state index in [1.807, 2.05) is 17.5 Å². The van der Waals surface area contributed by atoms with E-state index in [-0.39, 0.29) is 18.9 Å². The normalized spacial score (nSPS) is 13.5. The summed E-state index contributed by atoms with van der Waals surface area (Å²) in [5.41, 5.74) is 0.144. The van der Waals surface area contributed by atoms with Crippen LogP contribution in [0.15, 0.2) is 35.7 Å². The maximum Gasteiger partial charge on any atom is 0.315 e. The summed E-state index contributed by atoms with van der Waals surface area (Å²) in [5.74, 6) is -0.291. The average Bonchev–Trinajstić information content (AvgIpc) is 3.01. The van der Waals surface area contributed by atoms with Crippen LogP contribution in [0.3, 0.4) is 0 Å². The maximum atomic E-state index is 13.4. The summed E-state index contributed by atoms with van der Waals surface area (Å²) in [7, 11) is 0. The molecule has 1 unspecified atom stereocenters. The molecule has 6 heteroatoms. The third-order valence-electron chi connectivity index (χ3n) is 3.33. The highest BCUT2D eigenvalue weighted by molar-refractivity contribution is 7.10. The van der Waals surface area contributed by atoms with Crippen molar-refractivity contribution in [2.75, 3.05) is 6.54 Å². The molecule has 2 rings (SSSR count). The van der Waals surface area contributed by atoms with Crippen molar-refractivity contribution in [3.05, 3.63) is 57.5 Å². The molecule has 0 radical (unpaired) electrons. The Labute approximate surface area is 133 Å². The number of aliphatic hydroxyl groups is 1. The zero-order chi connectivity index (χ0) is 16.2. The first-order valence-corrected chi connectivity index (χ1v) is 7.79. The van der Waals surface area contributed by atoms with Gasteiger partial charge in [0, 0.05) is 11.4 Å². The highest BCUT2D eigenvalue weighted by atomic mass is 32.1. The number of rotatable bonds is 5. The molecular formula is C16H19FN2O2S. The van der Waals surface area contributed by atoms with E-state index in [0.29, 0.717) is 11.1 Å². The molecule has 0 saturated heterocycles. The van der Waals surface area contributed by atoms with Crippen molar-refractivity contribution in [3.8, 4) is 0 Å². The molecule has 0 aliphatic rings. The predicted molar refractivity (Wildman–Crippen MR) is 85.3 cm³/mol. The molecule has 118 valence electrons. The van der Waals surface area contributed by atoms with Gasteiger partial charge < -0.3 is 15.7 Å². The number of hydrogen-bond acceptors (Lipinski definition) is 3. The van der Waals surface area contributed by atoms with Crippen molar-refractivity contribution in [3.63, 3.8) is 0 Å². The third kappa shape index (κ3) is 4.29. The van der Waals surface area contributed by atoms with Crippen LogP contribution in [0, 0.1) is 12.7 Å². The molecule has 22 heavy (non-hydrogen) atoms. The van der Waals surface area contributed by atoms with Crippen LogP contribution >= 0.6 is 11.3 Å². The molecule has 1 aromatic carbocycles. The predicted octanol–water partition coefficient (Wildman–Crippen LogP) is 2.90. The highest BCUT2D eigenvalue weighted by Gasteiger charge is 2.24. The van der Waals surface area contributed by atoms with Crippen molar-refractivity contribution in [1.29, 1.82) is 0 Å². The second-order valence-corrected chi connectivity index (χ2v) is 6.32.